The second kappa shape index (κ2) is 4.77. The third-order valence-electron chi connectivity index (χ3n) is 3.82. The molecule has 6 heteroatoms. The first-order valence-electron chi connectivity index (χ1n) is 6.70. The van der Waals surface area contributed by atoms with E-state index in [-0.39, 0.29) is 12.5 Å². The van der Waals surface area contributed by atoms with Gasteiger partial charge >= 0.3 is 0 Å². The standard InChI is InChI=1S/C13H18N4O2/c1-8-15-11-10(2-4-14-13(11)19)12(16-8)17-5-3-9(6-17)7-18/h9,18H,2-7H2,1H3,(H,14,19). The quantitative estimate of drug-likeness (QED) is 0.777. The van der Waals surface area contributed by atoms with Crippen molar-refractivity contribution in [1.82, 2.24) is 15.3 Å². The van der Waals surface area contributed by atoms with E-state index < -0.39 is 0 Å². The van der Waals surface area contributed by atoms with E-state index in [9.17, 15) is 9.90 Å². The number of fused-ring (bicyclic) bond motifs is 1. The number of aryl methyl sites for hydroxylation is 1. The number of anilines is 1. The lowest BCUT2D eigenvalue weighted by Crippen LogP contribution is -2.35. The van der Waals surface area contributed by atoms with E-state index in [1.54, 1.807) is 0 Å². The van der Waals surface area contributed by atoms with Crippen molar-refractivity contribution in [3.8, 4) is 0 Å². The first-order chi connectivity index (χ1) is 9.19. The second-order valence-corrected chi connectivity index (χ2v) is 5.21. The van der Waals surface area contributed by atoms with Crippen LogP contribution in [0.15, 0.2) is 0 Å². The molecule has 3 heterocycles. The van der Waals surface area contributed by atoms with Crippen LogP contribution in [0.2, 0.25) is 0 Å². The van der Waals surface area contributed by atoms with Gasteiger partial charge < -0.3 is 15.3 Å². The Morgan fingerprint density at radius 3 is 3.05 bits per heavy atom. The molecule has 6 nitrogen and oxygen atoms in total. The number of hydrogen-bond acceptors (Lipinski definition) is 5. The summed E-state index contributed by atoms with van der Waals surface area (Å²) in [6.07, 6.45) is 1.75. The van der Waals surface area contributed by atoms with Crippen LogP contribution in [0.4, 0.5) is 5.82 Å². The van der Waals surface area contributed by atoms with Crippen LogP contribution >= 0.6 is 0 Å². The molecule has 102 valence electrons. The molecular formula is C13H18N4O2. The van der Waals surface area contributed by atoms with Gasteiger partial charge in [-0.3, -0.25) is 4.79 Å². The number of nitrogens with one attached hydrogen (secondary N) is 1. The highest BCUT2D eigenvalue weighted by molar-refractivity contribution is 5.96. The van der Waals surface area contributed by atoms with Gasteiger partial charge in [0, 0.05) is 37.7 Å². The van der Waals surface area contributed by atoms with Crippen LogP contribution in [0.5, 0.6) is 0 Å². The Hall–Kier alpha value is -1.69. The van der Waals surface area contributed by atoms with E-state index >= 15 is 0 Å². The summed E-state index contributed by atoms with van der Waals surface area (Å²) in [4.78, 5) is 22.8. The van der Waals surface area contributed by atoms with Crippen molar-refractivity contribution >= 4 is 11.7 Å². The molecule has 0 spiro atoms. The summed E-state index contributed by atoms with van der Waals surface area (Å²) in [6.45, 7) is 4.35. The molecule has 0 saturated carbocycles. The van der Waals surface area contributed by atoms with Gasteiger partial charge in [0.1, 0.15) is 17.3 Å². The van der Waals surface area contributed by atoms with Crippen LogP contribution in [0.3, 0.4) is 0 Å². The van der Waals surface area contributed by atoms with Gasteiger partial charge in [0.05, 0.1) is 0 Å². The van der Waals surface area contributed by atoms with E-state index in [4.69, 9.17) is 0 Å². The lowest BCUT2D eigenvalue weighted by Gasteiger charge is -2.25. The number of nitrogens with zero attached hydrogens (tertiary/aromatic N) is 3. The minimum absolute atomic E-state index is 0.106. The van der Waals surface area contributed by atoms with Gasteiger partial charge in [0.25, 0.3) is 5.91 Å². The average molecular weight is 262 g/mol. The number of carbonyl (C=O) groups is 1. The first kappa shape index (κ1) is 12.3. The maximum atomic E-state index is 11.9. The van der Waals surface area contributed by atoms with Crippen molar-refractivity contribution in [2.45, 2.75) is 19.8 Å². The highest BCUT2D eigenvalue weighted by atomic mass is 16.3. The zero-order chi connectivity index (χ0) is 13.4. The molecule has 0 radical (unpaired) electrons. The SMILES string of the molecule is Cc1nc2c(c(N3CCC(CO)C3)n1)CCNC2=O. The van der Waals surface area contributed by atoms with Gasteiger partial charge in [-0.2, -0.15) is 0 Å². The molecule has 3 rings (SSSR count). The average Bonchev–Trinajstić information content (AvgIpc) is 2.88. The van der Waals surface area contributed by atoms with Crippen molar-refractivity contribution in [3.63, 3.8) is 0 Å². The number of carbonyl (C=O) groups excluding carboxylic acids is 1. The lowest BCUT2D eigenvalue weighted by atomic mass is 10.1. The molecule has 19 heavy (non-hydrogen) atoms. The van der Waals surface area contributed by atoms with E-state index in [1.807, 2.05) is 6.92 Å². The molecule has 1 saturated heterocycles. The Labute approximate surface area is 111 Å². The van der Waals surface area contributed by atoms with Crippen molar-refractivity contribution in [3.05, 3.63) is 17.1 Å². The van der Waals surface area contributed by atoms with Gasteiger partial charge in [-0.15, -0.1) is 0 Å². The molecule has 2 aliphatic heterocycles. The number of aliphatic hydroxyl groups is 1. The van der Waals surface area contributed by atoms with Crippen molar-refractivity contribution < 1.29 is 9.90 Å². The molecule has 1 fully saturated rings. The number of hydrogen-bond donors (Lipinski definition) is 2. The summed E-state index contributed by atoms with van der Waals surface area (Å²) in [5.74, 6) is 1.71. The molecule has 0 aliphatic carbocycles. The van der Waals surface area contributed by atoms with Crippen molar-refractivity contribution in [1.29, 1.82) is 0 Å². The van der Waals surface area contributed by atoms with Gasteiger partial charge in [-0.05, 0) is 19.8 Å². The Kier molecular flexibility index (Phi) is 3.10. The molecule has 1 aromatic rings. The zero-order valence-electron chi connectivity index (χ0n) is 11.0. The maximum Gasteiger partial charge on any atom is 0.270 e. The third kappa shape index (κ3) is 2.16. The summed E-state index contributed by atoms with van der Waals surface area (Å²) < 4.78 is 0. The van der Waals surface area contributed by atoms with Gasteiger partial charge in [-0.25, -0.2) is 9.97 Å². The fourth-order valence-electron chi connectivity index (χ4n) is 2.82. The summed E-state index contributed by atoms with van der Waals surface area (Å²) in [6, 6.07) is 0. The summed E-state index contributed by atoms with van der Waals surface area (Å²) in [5.41, 5.74) is 1.47. The van der Waals surface area contributed by atoms with E-state index in [0.29, 0.717) is 24.0 Å². The Bertz CT molecular complexity index is 518. The minimum Gasteiger partial charge on any atom is -0.396 e. The van der Waals surface area contributed by atoms with Crippen molar-refractivity contribution in [2.75, 3.05) is 31.1 Å². The fraction of sp³-hybridized carbons (Fsp3) is 0.615. The summed E-state index contributed by atoms with van der Waals surface area (Å²) in [5, 5.41) is 12.1. The molecule has 1 atom stereocenters. The van der Waals surface area contributed by atoms with Crippen LogP contribution in [-0.4, -0.2) is 47.2 Å². The molecule has 2 aliphatic rings. The number of amides is 1. The fourth-order valence-corrected chi connectivity index (χ4v) is 2.82. The van der Waals surface area contributed by atoms with E-state index in [0.717, 1.165) is 37.3 Å². The van der Waals surface area contributed by atoms with Crippen LogP contribution in [0.1, 0.15) is 28.3 Å². The molecule has 0 aromatic carbocycles. The molecule has 1 amide bonds. The Morgan fingerprint density at radius 2 is 2.32 bits per heavy atom. The van der Waals surface area contributed by atoms with Crippen molar-refractivity contribution in [2.24, 2.45) is 5.92 Å². The van der Waals surface area contributed by atoms with Gasteiger partial charge in [0.15, 0.2) is 0 Å². The van der Waals surface area contributed by atoms with Crippen LogP contribution in [0.25, 0.3) is 0 Å². The third-order valence-corrected chi connectivity index (χ3v) is 3.82. The predicted octanol–water partition coefficient (Wildman–Crippen LogP) is -0.110. The van der Waals surface area contributed by atoms with E-state index in [2.05, 4.69) is 20.2 Å². The number of aliphatic hydroxyl groups excluding tert-OH is 1. The molecule has 1 aromatic heterocycles. The minimum atomic E-state index is -0.106. The molecular weight excluding hydrogens is 244 g/mol. The zero-order valence-corrected chi connectivity index (χ0v) is 11.0. The smallest absolute Gasteiger partial charge is 0.270 e. The molecule has 2 N–H and O–H groups in total. The highest BCUT2D eigenvalue weighted by Crippen LogP contribution is 2.28. The second-order valence-electron chi connectivity index (χ2n) is 5.21. The number of rotatable bonds is 2. The Morgan fingerprint density at radius 1 is 1.47 bits per heavy atom. The summed E-state index contributed by atoms with van der Waals surface area (Å²) >= 11 is 0. The van der Waals surface area contributed by atoms with Gasteiger partial charge in [0.2, 0.25) is 0 Å². The topological polar surface area (TPSA) is 78.3 Å². The van der Waals surface area contributed by atoms with Crippen LogP contribution in [0, 0.1) is 12.8 Å². The van der Waals surface area contributed by atoms with Crippen LogP contribution < -0.4 is 10.2 Å². The van der Waals surface area contributed by atoms with Crippen LogP contribution in [-0.2, 0) is 6.42 Å². The maximum absolute atomic E-state index is 11.9. The normalized spacial score (nSPS) is 22.3. The summed E-state index contributed by atoms with van der Waals surface area (Å²) in [7, 11) is 0. The molecule has 0 bridgehead atoms. The predicted molar refractivity (Wildman–Crippen MR) is 70.2 cm³/mol. The Balaban J connectivity index is 1.99. The lowest BCUT2D eigenvalue weighted by molar-refractivity contribution is 0.0940. The van der Waals surface area contributed by atoms with Gasteiger partial charge in [-0.1, -0.05) is 0 Å². The number of aromatic nitrogens is 2. The highest BCUT2D eigenvalue weighted by Gasteiger charge is 2.29. The molecule has 1 unspecified atom stereocenters. The monoisotopic (exact) mass is 262 g/mol. The first-order valence-corrected chi connectivity index (χ1v) is 6.70. The largest absolute Gasteiger partial charge is 0.396 e. The van der Waals surface area contributed by atoms with E-state index in [1.165, 1.54) is 0 Å².